The molecule has 0 fully saturated rings. The third-order valence-electron chi connectivity index (χ3n) is 5.83. The fraction of sp³-hybridized carbons (Fsp3) is 0.138. The van der Waals surface area contributed by atoms with Crippen molar-refractivity contribution in [2.45, 2.75) is 26.4 Å². The largest absolute Gasteiger partial charge is 0.463 e. The zero-order valence-electron chi connectivity index (χ0n) is 20.1. The first-order valence-corrected chi connectivity index (χ1v) is 11.4. The summed E-state index contributed by atoms with van der Waals surface area (Å²) < 4.78 is 12.9. The van der Waals surface area contributed by atoms with Gasteiger partial charge >= 0.3 is 12.3 Å². The highest BCUT2D eigenvalue weighted by molar-refractivity contribution is 6.37. The first kappa shape index (κ1) is 23.0. The van der Waals surface area contributed by atoms with E-state index in [0.717, 1.165) is 28.3 Å². The van der Waals surface area contributed by atoms with Crippen LogP contribution in [0.15, 0.2) is 83.6 Å². The Kier molecular flexibility index (Phi) is 5.63. The van der Waals surface area contributed by atoms with Gasteiger partial charge in [0.15, 0.2) is 0 Å². The molecule has 0 atom stereocenters. The highest BCUT2D eigenvalue weighted by atomic mass is 16.6. The van der Waals surface area contributed by atoms with E-state index in [0.29, 0.717) is 22.0 Å². The lowest BCUT2D eigenvalue weighted by atomic mass is 9.95. The molecule has 0 spiro atoms. The molecule has 5 aromatic rings. The Morgan fingerprint density at radius 2 is 1.67 bits per heavy atom. The molecular formula is C29H23N3O4. The standard InChI is InChI=1S/C29H23N3O4/c1-29(2,3)36-28(34)32-16-22(25(33)15-31-30)26-19(11-8-14-24(26)32)20-12-7-13-21-23(17-35-27(20)21)18-9-5-4-6-10-18/h4-17H,1-3H3. The number of carbonyl (C=O) groups excluding carboxylic acids is 2. The van der Waals surface area contributed by atoms with E-state index in [-0.39, 0.29) is 5.56 Å². The molecule has 7 heteroatoms. The van der Waals surface area contributed by atoms with Crippen LogP contribution in [0.1, 0.15) is 31.1 Å². The fourth-order valence-electron chi connectivity index (χ4n) is 4.39. The van der Waals surface area contributed by atoms with Gasteiger partial charge in [0.2, 0.25) is 0 Å². The van der Waals surface area contributed by atoms with Crippen LogP contribution >= 0.6 is 0 Å². The second-order valence-electron chi connectivity index (χ2n) is 9.40. The molecule has 3 aromatic carbocycles. The van der Waals surface area contributed by atoms with E-state index in [1.807, 2.05) is 60.7 Å². The molecule has 0 aliphatic rings. The number of furan rings is 1. The zero-order chi connectivity index (χ0) is 25.4. The van der Waals surface area contributed by atoms with Crippen LogP contribution in [0.25, 0.3) is 49.7 Å². The maximum absolute atomic E-state index is 13.0. The van der Waals surface area contributed by atoms with Gasteiger partial charge in [-0.05, 0) is 38.0 Å². The quantitative estimate of drug-likeness (QED) is 0.121. The lowest BCUT2D eigenvalue weighted by Gasteiger charge is -2.19. The fourth-order valence-corrected chi connectivity index (χ4v) is 4.39. The smallest absolute Gasteiger partial charge is 0.419 e. The van der Waals surface area contributed by atoms with Gasteiger partial charge < -0.3 is 14.7 Å². The van der Waals surface area contributed by atoms with Crippen molar-refractivity contribution in [2.24, 2.45) is 0 Å². The number of nitrogens with zero attached hydrogens (tertiary/aromatic N) is 3. The monoisotopic (exact) mass is 477 g/mol. The maximum Gasteiger partial charge on any atom is 0.419 e. The van der Waals surface area contributed by atoms with Crippen LogP contribution in [0.3, 0.4) is 0 Å². The molecule has 0 aliphatic carbocycles. The highest BCUT2D eigenvalue weighted by Crippen LogP contribution is 2.40. The minimum Gasteiger partial charge on any atom is -0.463 e. The van der Waals surface area contributed by atoms with Crippen molar-refractivity contribution in [1.29, 1.82) is 0 Å². The summed E-state index contributed by atoms with van der Waals surface area (Å²) in [6, 6.07) is 21.2. The average Bonchev–Trinajstić information content (AvgIpc) is 3.46. The van der Waals surface area contributed by atoms with Gasteiger partial charge in [-0.1, -0.05) is 60.7 Å². The number of carbonyl (C=O) groups is 2. The molecule has 0 N–H and O–H groups in total. The minimum atomic E-state index is -0.727. The van der Waals surface area contributed by atoms with E-state index >= 15 is 0 Å². The number of para-hydroxylation sites is 1. The summed E-state index contributed by atoms with van der Waals surface area (Å²) in [5.41, 5.74) is 13.1. The van der Waals surface area contributed by atoms with Crippen LogP contribution in [0.4, 0.5) is 4.79 Å². The van der Waals surface area contributed by atoms with Gasteiger partial charge in [0.25, 0.3) is 5.78 Å². The summed E-state index contributed by atoms with van der Waals surface area (Å²) in [5, 5.41) is 1.45. The van der Waals surface area contributed by atoms with Crippen LogP contribution in [-0.2, 0) is 4.74 Å². The average molecular weight is 478 g/mol. The van der Waals surface area contributed by atoms with Crippen LogP contribution in [0, 0.1) is 0 Å². The zero-order valence-corrected chi connectivity index (χ0v) is 20.1. The predicted octanol–water partition coefficient (Wildman–Crippen LogP) is 6.99. The molecule has 0 saturated carbocycles. The predicted molar refractivity (Wildman–Crippen MR) is 138 cm³/mol. The molecule has 0 bridgehead atoms. The van der Waals surface area contributed by atoms with Crippen LogP contribution in [-0.4, -0.2) is 33.0 Å². The van der Waals surface area contributed by atoms with E-state index in [1.165, 1.54) is 10.8 Å². The van der Waals surface area contributed by atoms with E-state index < -0.39 is 17.5 Å². The summed E-state index contributed by atoms with van der Waals surface area (Å²) in [6.45, 7) is 5.32. The van der Waals surface area contributed by atoms with Crippen LogP contribution in [0.5, 0.6) is 0 Å². The first-order valence-electron chi connectivity index (χ1n) is 11.4. The Morgan fingerprint density at radius 3 is 2.39 bits per heavy atom. The number of aromatic nitrogens is 1. The van der Waals surface area contributed by atoms with Gasteiger partial charge in [-0.25, -0.2) is 4.79 Å². The molecule has 2 heterocycles. The molecule has 5 rings (SSSR count). The number of ether oxygens (including phenoxy) is 1. The summed E-state index contributed by atoms with van der Waals surface area (Å²) >= 11 is 0. The van der Waals surface area contributed by atoms with Gasteiger partial charge in [-0.2, -0.15) is 4.79 Å². The van der Waals surface area contributed by atoms with Crippen molar-refractivity contribution in [3.63, 3.8) is 0 Å². The number of ketones is 1. The summed E-state index contributed by atoms with van der Waals surface area (Å²) in [7, 11) is 0. The lowest BCUT2D eigenvalue weighted by Crippen LogP contribution is -2.26. The van der Waals surface area contributed by atoms with Crippen molar-refractivity contribution >= 4 is 40.0 Å². The SMILES string of the molecule is CC(C)(C)OC(=O)n1cc(C(=O)C=[N+]=[N-])c2c(-c3cccc4c(-c5ccccc5)coc34)cccc21. The third-order valence-corrected chi connectivity index (χ3v) is 5.83. The number of Topliss-reactive ketones (excluding diaryl/α,β-unsaturated/α-hetero) is 1. The molecule has 0 saturated heterocycles. The molecule has 36 heavy (non-hydrogen) atoms. The van der Waals surface area contributed by atoms with Crippen molar-refractivity contribution in [3.05, 3.63) is 90.3 Å². The van der Waals surface area contributed by atoms with Gasteiger partial charge in [-0.15, -0.1) is 0 Å². The van der Waals surface area contributed by atoms with Crippen molar-refractivity contribution in [2.75, 3.05) is 0 Å². The van der Waals surface area contributed by atoms with E-state index in [2.05, 4.69) is 4.79 Å². The maximum atomic E-state index is 13.0. The van der Waals surface area contributed by atoms with Crippen molar-refractivity contribution < 1.29 is 23.5 Å². The van der Waals surface area contributed by atoms with Crippen LogP contribution in [0.2, 0.25) is 0 Å². The molecule has 0 aliphatic heterocycles. The van der Waals surface area contributed by atoms with Gasteiger partial charge in [0, 0.05) is 28.1 Å². The van der Waals surface area contributed by atoms with E-state index in [1.54, 1.807) is 33.1 Å². The second-order valence-corrected chi connectivity index (χ2v) is 9.40. The molecule has 0 amide bonds. The number of rotatable bonds is 4. The second kappa shape index (κ2) is 8.80. The Labute approximate surface area is 207 Å². The number of benzene rings is 3. The molecule has 178 valence electrons. The van der Waals surface area contributed by atoms with Crippen molar-refractivity contribution in [3.8, 4) is 22.3 Å². The van der Waals surface area contributed by atoms with Gasteiger partial charge in [-0.3, -0.25) is 9.36 Å². The Bertz CT molecular complexity index is 1680. The normalized spacial score (nSPS) is 11.4. The Balaban J connectivity index is 1.77. The van der Waals surface area contributed by atoms with Crippen LogP contribution < -0.4 is 0 Å². The summed E-state index contributed by atoms with van der Waals surface area (Å²) in [6.07, 6.45) is 3.34. The van der Waals surface area contributed by atoms with E-state index in [4.69, 9.17) is 14.7 Å². The Morgan fingerprint density at radius 1 is 0.944 bits per heavy atom. The van der Waals surface area contributed by atoms with Crippen molar-refractivity contribution in [1.82, 2.24) is 4.57 Å². The molecule has 0 radical (unpaired) electrons. The number of hydrogen-bond acceptors (Lipinski definition) is 4. The first-order chi connectivity index (χ1) is 17.3. The molecule has 7 nitrogen and oxygen atoms in total. The minimum absolute atomic E-state index is 0.205. The summed E-state index contributed by atoms with van der Waals surface area (Å²) in [4.78, 5) is 28.8. The molecule has 2 aromatic heterocycles. The summed E-state index contributed by atoms with van der Waals surface area (Å²) in [5.74, 6) is -0.547. The third kappa shape index (κ3) is 4.02. The van der Waals surface area contributed by atoms with Gasteiger partial charge in [0.1, 0.15) is 11.2 Å². The Hall–Kier alpha value is -4.74. The molecule has 0 unspecified atom stereocenters. The lowest BCUT2D eigenvalue weighted by molar-refractivity contribution is 0.00235. The number of hydrogen-bond donors (Lipinski definition) is 0. The number of fused-ring (bicyclic) bond motifs is 2. The van der Waals surface area contributed by atoms with Gasteiger partial charge in [0.05, 0.1) is 17.3 Å². The highest BCUT2D eigenvalue weighted by Gasteiger charge is 2.26. The topological polar surface area (TPSA) is 97.8 Å². The van der Waals surface area contributed by atoms with E-state index in [9.17, 15) is 9.59 Å². The molecular weight excluding hydrogens is 454 g/mol.